The van der Waals surface area contributed by atoms with Gasteiger partial charge in [-0.2, -0.15) is 0 Å². The number of amides is 1. The predicted molar refractivity (Wildman–Crippen MR) is 38.6 cm³/mol. The van der Waals surface area contributed by atoms with E-state index in [0.717, 1.165) is 6.42 Å². The summed E-state index contributed by atoms with van der Waals surface area (Å²) < 4.78 is 4.59. The molecule has 0 saturated heterocycles. The van der Waals surface area contributed by atoms with Crippen LogP contribution in [0.1, 0.15) is 6.42 Å². The van der Waals surface area contributed by atoms with Crippen molar-refractivity contribution in [3.63, 3.8) is 0 Å². The van der Waals surface area contributed by atoms with Gasteiger partial charge in [0.15, 0.2) is 0 Å². The van der Waals surface area contributed by atoms with Crippen molar-refractivity contribution < 1.29 is 9.53 Å². The van der Waals surface area contributed by atoms with Gasteiger partial charge < -0.3 is 15.8 Å². The molecule has 0 aromatic carbocycles. The molecule has 0 fully saturated rings. The third kappa shape index (κ3) is 5.53. The molecule has 0 unspecified atom stereocenters. The Morgan fingerprint density at radius 2 is 2.40 bits per heavy atom. The zero-order valence-electron chi connectivity index (χ0n) is 6.22. The van der Waals surface area contributed by atoms with Gasteiger partial charge in [0, 0.05) is 13.7 Å². The van der Waals surface area contributed by atoms with Crippen LogP contribution in [0.4, 0.5) is 0 Å². The van der Waals surface area contributed by atoms with E-state index in [0.29, 0.717) is 13.1 Å². The summed E-state index contributed by atoms with van der Waals surface area (Å²) in [7, 11) is 1.49. The maximum absolute atomic E-state index is 10.6. The molecule has 0 aromatic heterocycles. The molecule has 0 aromatic rings. The molecular weight excluding hydrogens is 132 g/mol. The van der Waals surface area contributed by atoms with E-state index in [9.17, 15) is 4.79 Å². The first-order chi connectivity index (χ1) is 4.81. The highest BCUT2D eigenvalue weighted by Gasteiger charge is 1.95. The number of hydrogen-bond acceptors (Lipinski definition) is 3. The van der Waals surface area contributed by atoms with Crippen LogP contribution in [0.25, 0.3) is 0 Å². The van der Waals surface area contributed by atoms with Gasteiger partial charge in [-0.05, 0) is 13.0 Å². The highest BCUT2D eigenvalue weighted by molar-refractivity contribution is 5.77. The van der Waals surface area contributed by atoms with Gasteiger partial charge in [-0.3, -0.25) is 4.79 Å². The molecule has 0 heterocycles. The first-order valence-electron chi connectivity index (χ1n) is 3.27. The van der Waals surface area contributed by atoms with Gasteiger partial charge in [-0.15, -0.1) is 0 Å². The smallest absolute Gasteiger partial charge is 0.245 e. The second-order valence-corrected chi connectivity index (χ2v) is 1.93. The van der Waals surface area contributed by atoms with E-state index in [4.69, 9.17) is 5.73 Å². The number of carbonyl (C=O) groups is 1. The Bertz CT molecular complexity index is 95.7. The van der Waals surface area contributed by atoms with Crippen molar-refractivity contribution in [1.82, 2.24) is 5.32 Å². The van der Waals surface area contributed by atoms with Crippen molar-refractivity contribution in [2.75, 3.05) is 26.8 Å². The van der Waals surface area contributed by atoms with Gasteiger partial charge in [0.25, 0.3) is 0 Å². The molecule has 60 valence electrons. The van der Waals surface area contributed by atoms with Crippen LogP contribution < -0.4 is 11.1 Å². The van der Waals surface area contributed by atoms with Gasteiger partial charge in [0.05, 0.1) is 0 Å². The van der Waals surface area contributed by atoms with E-state index in [-0.39, 0.29) is 12.5 Å². The number of nitrogens with one attached hydrogen (secondary N) is 1. The van der Waals surface area contributed by atoms with Crippen LogP contribution in [-0.2, 0) is 9.53 Å². The van der Waals surface area contributed by atoms with Gasteiger partial charge in [0.2, 0.25) is 5.91 Å². The lowest BCUT2D eigenvalue weighted by atomic mass is 10.4. The molecular formula is C6H14N2O2. The van der Waals surface area contributed by atoms with Crippen molar-refractivity contribution >= 4 is 5.91 Å². The standard InChI is InChI=1S/C6H14N2O2/c1-10-5-6(9)8-4-2-3-7/h2-5,7H2,1H3,(H,8,9). The normalized spacial score (nSPS) is 9.40. The zero-order chi connectivity index (χ0) is 7.82. The van der Waals surface area contributed by atoms with Crippen LogP contribution in [0, 0.1) is 0 Å². The largest absolute Gasteiger partial charge is 0.375 e. The van der Waals surface area contributed by atoms with Crippen LogP contribution >= 0.6 is 0 Å². The molecule has 0 spiro atoms. The Balaban J connectivity index is 3.05. The Hall–Kier alpha value is -0.610. The molecule has 0 aliphatic carbocycles. The van der Waals surface area contributed by atoms with E-state index >= 15 is 0 Å². The highest BCUT2D eigenvalue weighted by atomic mass is 16.5. The average Bonchev–Trinajstić information content (AvgIpc) is 1.89. The summed E-state index contributed by atoms with van der Waals surface area (Å²) in [5.41, 5.74) is 5.21. The minimum Gasteiger partial charge on any atom is -0.375 e. The molecule has 4 heteroatoms. The monoisotopic (exact) mass is 146 g/mol. The van der Waals surface area contributed by atoms with E-state index in [1.165, 1.54) is 7.11 Å². The van der Waals surface area contributed by atoms with Crippen LogP contribution in [0.5, 0.6) is 0 Å². The lowest BCUT2D eigenvalue weighted by Gasteiger charge is -2.01. The lowest BCUT2D eigenvalue weighted by Crippen LogP contribution is -2.29. The maximum atomic E-state index is 10.6. The minimum atomic E-state index is -0.0871. The van der Waals surface area contributed by atoms with Crippen molar-refractivity contribution in [2.45, 2.75) is 6.42 Å². The molecule has 0 atom stereocenters. The second-order valence-electron chi connectivity index (χ2n) is 1.93. The van der Waals surface area contributed by atoms with Gasteiger partial charge in [-0.25, -0.2) is 0 Å². The molecule has 0 bridgehead atoms. The third-order valence-corrected chi connectivity index (χ3v) is 0.979. The van der Waals surface area contributed by atoms with Crippen molar-refractivity contribution in [2.24, 2.45) is 5.73 Å². The number of carbonyl (C=O) groups excluding carboxylic acids is 1. The summed E-state index contributed by atoms with van der Waals surface area (Å²) in [4.78, 5) is 10.6. The van der Waals surface area contributed by atoms with Crippen LogP contribution in [0.3, 0.4) is 0 Å². The van der Waals surface area contributed by atoms with Crippen LogP contribution in [0.15, 0.2) is 0 Å². The van der Waals surface area contributed by atoms with E-state index in [1.807, 2.05) is 0 Å². The highest BCUT2D eigenvalue weighted by Crippen LogP contribution is 1.72. The molecule has 1 amide bonds. The summed E-state index contributed by atoms with van der Waals surface area (Å²) in [6, 6.07) is 0. The predicted octanol–water partition coefficient (Wildman–Crippen LogP) is -0.902. The van der Waals surface area contributed by atoms with E-state index in [2.05, 4.69) is 10.1 Å². The molecule has 0 radical (unpaired) electrons. The molecule has 0 aliphatic rings. The number of methoxy groups -OCH3 is 1. The van der Waals surface area contributed by atoms with Crippen molar-refractivity contribution in [3.05, 3.63) is 0 Å². The van der Waals surface area contributed by atoms with Crippen LogP contribution in [0.2, 0.25) is 0 Å². The summed E-state index contributed by atoms with van der Waals surface area (Å²) in [6.45, 7) is 1.37. The first-order valence-corrected chi connectivity index (χ1v) is 3.27. The van der Waals surface area contributed by atoms with Crippen LogP contribution in [-0.4, -0.2) is 32.7 Å². The maximum Gasteiger partial charge on any atom is 0.245 e. The van der Waals surface area contributed by atoms with E-state index in [1.54, 1.807) is 0 Å². The Morgan fingerprint density at radius 1 is 1.70 bits per heavy atom. The molecule has 0 saturated carbocycles. The molecule has 3 N–H and O–H groups in total. The zero-order valence-corrected chi connectivity index (χ0v) is 6.22. The lowest BCUT2D eigenvalue weighted by molar-refractivity contribution is -0.124. The molecule has 10 heavy (non-hydrogen) atoms. The fraction of sp³-hybridized carbons (Fsp3) is 0.833. The number of rotatable bonds is 5. The average molecular weight is 146 g/mol. The Morgan fingerprint density at radius 3 is 2.90 bits per heavy atom. The molecule has 4 nitrogen and oxygen atoms in total. The summed E-state index contributed by atoms with van der Waals surface area (Å²) >= 11 is 0. The number of nitrogens with two attached hydrogens (primary N) is 1. The Labute approximate surface area is 60.7 Å². The van der Waals surface area contributed by atoms with Crippen molar-refractivity contribution in [1.29, 1.82) is 0 Å². The fourth-order valence-electron chi connectivity index (χ4n) is 0.512. The van der Waals surface area contributed by atoms with E-state index < -0.39 is 0 Å². The minimum absolute atomic E-state index is 0.0871. The molecule has 0 rings (SSSR count). The number of hydrogen-bond donors (Lipinski definition) is 2. The summed E-state index contributed by atoms with van der Waals surface area (Å²) in [5, 5.41) is 2.64. The fourth-order valence-corrected chi connectivity index (χ4v) is 0.512. The third-order valence-electron chi connectivity index (χ3n) is 0.979. The van der Waals surface area contributed by atoms with Gasteiger partial charge in [-0.1, -0.05) is 0 Å². The summed E-state index contributed by atoms with van der Waals surface area (Å²) in [6.07, 6.45) is 0.815. The SMILES string of the molecule is COCC(=O)NCCCN. The summed E-state index contributed by atoms with van der Waals surface area (Å²) in [5.74, 6) is -0.0871. The first kappa shape index (κ1) is 9.39. The Kier molecular flexibility index (Phi) is 6.11. The quantitative estimate of drug-likeness (QED) is 0.494. The molecule has 0 aliphatic heterocycles. The topological polar surface area (TPSA) is 64.3 Å². The van der Waals surface area contributed by atoms with Gasteiger partial charge >= 0.3 is 0 Å². The van der Waals surface area contributed by atoms with Gasteiger partial charge in [0.1, 0.15) is 6.61 Å². The van der Waals surface area contributed by atoms with Crippen molar-refractivity contribution in [3.8, 4) is 0 Å². The number of ether oxygens (including phenoxy) is 1. The second kappa shape index (κ2) is 6.51.